The summed E-state index contributed by atoms with van der Waals surface area (Å²) in [5.41, 5.74) is 0.906. The van der Waals surface area contributed by atoms with Gasteiger partial charge in [0.2, 0.25) is 5.12 Å². The molecule has 0 aromatic rings. The van der Waals surface area contributed by atoms with Crippen molar-refractivity contribution in [2.45, 2.75) is 13.8 Å². The van der Waals surface area contributed by atoms with Gasteiger partial charge in [-0.1, -0.05) is 30.1 Å². The zero-order valence-corrected chi connectivity index (χ0v) is 8.64. The van der Waals surface area contributed by atoms with E-state index in [1.54, 1.807) is 18.2 Å². The minimum absolute atomic E-state index is 0.259. The van der Waals surface area contributed by atoms with E-state index in [2.05, 4.69) is 24.5 Å². The first-order chi connectivity index (χ1) is 6.16. The zero-order chi connectivity index (χ0) is 10.1. The number of allylic oxidation sites excluding steroid dienone is 5. The van der Waals surface area contributed by atoms with Gasteiger partial charge in [-0.15, -0.1) is 12.6 Å². The molecule has 0 N–H and O–H groups in total. The highest BCUT2D eigenvalue weighted by Crippen LogP contribution is 1.91. The number of thiol groups is 1. The second kappa shape index (κ2) is 7.45. The standard InChI is InChI=1S/C11H12OS/c1-3-4-5-7-10(2)8-6-9-11(12)13/h3-4,6,8-9H,1-2H3,(H,12,13). The average molecular weight is 192 g/mol. The number of carbonyl (C=O) groups excluding carboxylic acids is 1. The molecule has 0 saturated heterocycles. The van der Waals surface area contributed by atoms with Crippen LogP contribution in [0.4, 0.5) is 0 Å². The van der Waals surface area contributed by atoms with Crippen molar-refractivity contribution >= 4 is 17.7 Å². The van der Waals surface area contributed by atoms with Crippen molar-refractivity contribution in [3.63, 3.8) is 0 Å². The van der Waals surface area contributed by atoms with Gasteiger partial charge in [-0.3, -0.25) is 4.79 Å². The Labute approximate surface area is 84.6 Å². The van der Waals surface area contributed by atoms with E-state index in [1.807, 2.05) is 19.9 Å². The molecule has 0 aliphatic rings. The molecule has 0 atom stereocenters. The molecule has 1 nitrogen and oxygen atoms in total. The van der Waals surface area contributed by atoms with Crippen LogP contribution in [-0.4, -0.2) is 5.12 Å². The fourth-order valence-corrected chi connectivity index (χ4v) is 0.641. The van der Waals surface area contributed by atoms with Gasteiger partial charge in [0.25, 0.3) is 0 Å². The maximum absolute atomic E-state index is 10.4. The molecule has 0 aromatic heterocycles. The Balaban J connectivity index is 4.20. The quantitative estimate of drug-likeness (QED) is 0.308. The first-order valence-electron chi connectivity index (χ1n) is 3.87. The minimum atomic E-state index is -0.259. The molecule has 0 unspecified atom stereocenters. The zero-order valence-electron chi connectivity index (χ0n) is 7.74. The van der Waals surface area contributed by atoms with Crippen molar-refractivity contribution in [2.75, 3.05) is 0 Å². The lowest BCUT2D eigenvalue weighted by Gasteiger charge is -1.81. The van der Waals surface area contributed by atoms with Crippen LogP contribution in [0.3, 0.4) is 0 Å². The van der Waals surface area contributed by atoms with Gasteiger partial charge in [0.05, 0.1) is 0 Å². The summed E-state index contributed by atoms with van der Waals surface area (Å²) < 4.78 is 0. The van der Waals surface area contributed by atoms with Gasteiger partial charge in [-0.25, -0.2) is 0 Å². The summed E-state index contributed by atoms with van der Waals surface area (Å²) in [6.07, 6.45) is 8.42. The van der Waals surface area contributed by atoms with E-state index in [0.29, 0.717) is 0 Å². The molecule has 68 valence electrons. The van der Waals surface area contributed by atoms with Gasteiger partial charge >= 0.3 is 0 Å². The molecular weight excluding hydrogens is 180 g/mol. The molecule has 0 rings (SSSR count). The molecule has 0 amide bonds. The van der Waals surface area contributed by atoms with E-state index in [0.717, 1.165) is 5.57 Å². The molecular formula is C11H12OS. The van der Waals surface area contributed by atoms with Crippen LogP contribution in [0.25, 0.3) is 0 Å². The molecule has 0 aliphatic heterocycles. The van der Waals surface area contributed by atoms with Crippen molar-refractivity contribution in [2.24, 2.45) is 0 Å². The summed E-state index contributed by atoms with van der Waals surface area (Å²) in [6.45, 7) is 3.79. The van der Waals surface area contributed by atoms with Crippen LogP contribution in [0.15, 0.2) is 36.0 Å². The van der Waals surface area contributed by atoms with Crippen molar-refractivity contribution < 1.29 is 4.79 Å². The van der Waals surface area contributed by atoms with Gasteiger partial charge in [0.15, 0.2) is 0 Å². The molecule has 0 saturated carbocycles. The minimum Gasteiger partial charge on any atom is -0.283 e. The summed E-state index contributed by atoms with van der Waals surface area (Å²) in [7, 11) is 0. The molecule has 0 bridgehead atoms. The Kier molecular flexibility index (Phi) is 6.76. The molecule has 0 spiro atoms. The molecule has 0 aliphatic carbocycles. The first-order valence-corrected chi connectivity index (χ1v) is 4.32. The Morgan fingerprint density at radius 2 is 2.15 bits per heavy atom. The molecule has 0 heterocycles. The summed E-state index contributed by atoms with van der Waals surface area (Å²) in [6, 6.07) is 0. The van der Waals surface area contributed by atoms with Crippen molar-refractivity contribution in [3.8, 4) is 11.8 Å². The highest BCUT2D eigenvalue weighted by atomic mass is 32.1. The largest absolute Gasteiger partial charge is 0.283 e. The lowest BCUT2D eigenvalue weighted by atomic mass is 10.3. The fraction of sp³-hybridized carbons (Fsp3) is 0.182. The number of carbonyl (C=O) groups is 1. The van der Waals surface area contributed by atoms with Gasteiger partial charge in [-0.05, 0) is 31.6 Å². The molecule has 0 aromatic carbocycles. The predicted octanol–water partition coefficient (Wildman–Crippen LogP) is 2.52. The van der Waals surface area contributed by atoms with Crippen LogP contribution in [-0.2, 0) is 4.79 Å². The van der Waals surface area contributed by atoms with E-state index in [1.165, 1.54) is 6.08 Å². The smallest absolute Gasteiger partial charge is 0.209 e. The van der Waals surface area contributed by atoms with E-state index >= 15 is 0 Å². The van der Waals surface area contributed by atoms with Crippen LogP contribution < -0.4 is 0 Å². The summed E-state index contributed by atoms with van der Waals surface area (Å²) in [5, 5.41) is -0.259. The topological polar surface area (TPSA) is 17.1 Å². The lowest BCUT2D eigenvalue weighted by Crippen LogP contribution is -1.73. The highest BCUT2D eigenvalue weighted by Gasteiger charge is 1.80. The second-order valence-corrected chi connectivity index (χ2v) is 2.76. The molecule has 0 radical (unpaired) electrons. The van der Waals surface area contributed by atoms with E-state index in [-0.39, 0.29) is 5.12 Å². The SMILES string of the molecule is CC=CC#CC(C)=CC=CC(=O)S. The Morgan fingerprint density at radius 1 is 1.46 bits per heavy atom. The van der Waals surface area contributed by atoms with Crippen molar-refractivity contribution in [1.29, 1.82) is 0 Å². The highest BCUT2D eigenvalue weighted by molar-refractivity contribution is 7.97. The normalized spacial score (nSPS) is 11.8. The molecule has 2 heteroatoms. The van der Waals surface area contributed by atoms with E-state index in [4.69, 9.17) is 0 Å². The third kappa shape index (κ3) is 8.71. The van der Waals surface area contributed by atoms with Gasteiger partial charge in [0, 0.05) is 0 Å². The molecule has 0 fully saturated rings. The van der Waals surface area contributed by atoms with E-state index in [9.17, 15) is 4.79 Å². The lowest BCUT2D eigenvalue weighted by molar-refractivity contribution is -0.106. The van der Waals surface area contributed by atoms with Gasteiger partial charge in [0.1, 0.15) is 0 Å². The predicted molar refractivity (Wildman–Crippen MR) is 59.5 cm³/mol. The maximum Gasteiger partial charge on any atom is 0.209 e. The van der Waals surface area contributed by atoms with Crippen LogP contribution in [0.5, 0.6) is 0 Å². The van der Waals surface area contributed by atoms with Gasteiger partial charge in [-0.2, -0.15) is 0 Å². The Morgan fingerprint density at radius 3 is 2.69 bits per heavy atom. The summed E-state index contributed by atoms with van der Waals surface area (Å²) in [5.74, 6) is 5.73. The van der Waals surface area contributed by atoms with Crippen molar-refractivity contribution in [3.05, 3.63) is 36.0 Å². The number of hydrogen-bond donors (Lipinski definition) is 1. The van der Waals surface area contributed by atoms with Crippen molar-refractivity contribution in [1.82, 2.24) is 0 Å². The Bertz CT molecular complexity index is 311. The third-order valence-corrected chi connectivity index (χ3v) is 1.25. The molecule has 13 heavy (non-hydrogen) atoms. The fourth-order valence-electron chi connectivity index (χ4n) is 0.555. The first kappa shape index (κ1) is 11.8. The Hall–Kier alpha value is -1.20. The second-order valence-electron chi connectivity index (χ2n) is 2.32. The number of hydrogen-bond acceptors (Lipinski definition) is 1. The van der Waals surface area contributed by atoms with Crippen LogP contribution >= 0.6 is 12.6 Å². The monoisotopic (exact) mass is 192 g/mol. The average Bonchev–Trinajstić information content (AvgIpc) is 2.04. The van der Waals surface area contributed by atoms with E-state index < -0.39 is 0 Å². The maximum atomic E-state index is 10.4. The number of rotatable bonds is 2. The van der Waals surface area contributed by atoms with Crippen LogP contribution in [0.2, 0.25) is 0 Å². The van der Waals surface area contributed by atoms with Crippen LogP contribution in [0, 0.1) is 11.8 Å². The van der Waals surface area contributed by atoms with Gasteiger partial charge < -0.3 is 0 Å². The third-order valence-electron chi connectivity index (χ3n) is 1.10. The summed E-state index contributed by atoms with van der Waals surface area (Å²) in [4.78, 5) is 10.4. The summed E-state index contributed by atoms with van der Waals surface area (Å²) >= 11 is 3.58. The van der Waals surface area contributed by atoms with Crippen LogP contribution in [0.1, 0.15) is 13.8 Å².